The summed E-state index contributed by atoms with van der Waals surface area (Å²) in [6.45, 7) is 5.04. The Morgan fingerprint density at radius 3 is 2.47 bits per heavy atom. The van der Waals surface area contributed by atoms with Gasteiger partial charge in [0.2, 0.25) is 0 Å². The maximum atomic E-state index is 11.1. The van der Waals surface area contributed by atoms with Crippen molar-refractivity contribution < 1.29 is 19.0 Å². The highest BCUT2D eigenvalue weighted by atomic mass is 16.5. The van der Waals surface area contributed by atoms with Crippen molar-refractivity contribution in [3.05, 3.63) is 24.3 Å². The van der Waals surface area contributed by atoms with Gasteiger partial charge in [0, 0.05) is 6.07 Å². The van der Waals surface area contributed by atoms with Crippen LogP contribution in [0.5, 0.6) is 11.5 Å². The van der Waals surface area contributed by atoms with E-state index in [-0.39, 0.29) is 12.4 Å². The molecule has 0 N–H and O–H groups in total. The summed E-state index contributed by atoms with van der Waals surface area (Å²) in [7, 11) is 0. The van der Waals surface area contributed by atoms with Crippen molar-refractivity contribution in [2.75, 3.05) is 19.8 Å². The molecule has 0 bridgehead atoms. The highest BCUT2D eigenvalue weighted by Crippen LogP contribution is 2.19. The lowest BCUT2D eigenvalue weighted by Gasteiger charge is -2.08. The Morgan fingerprint density at radius 2 is 1.82 bits per heavy atom. The van der Waals surface area contributed by atoms with Crippen molar-refractivity contribution >= 4 is 5.97 Å². The van der Waals surface area contributed by atoms with Gasteiger partial charge in [-0.05, 0) is 26.0 Å². The predicted molar refractivity (Wildman–Crippen MR) is 64.4 cm³/mol. The van der Waals surface area contributed by atoms with Gasteiger partial charge in [-0.1, -0.05) is 6.07 Å². The van der Waals surface area contributed by atoms with E-state index >= 15 is 0 Å². The number of hydrogen-bond donors (Lipinski definition) is 0. The Kier molecular flexibility index (Phi) is 5.93. The van der Waals surface area contributed by atoms with E-state index in [2.05, 4.69) is 0 Å². The van der Waals surface area contributed by atoms with Crippen LogP contribution in [0.25, 0.3) is 0 Å². The van der Waals surface area contributed by atoms with Crippen LogP contribution in [-0.4, -0.2) is 25.8 Å². The average molecular weight is 238 g/mol. The number of carbonyl (C=O) groups excluding carboxylic acids is 1. The van der Waals surface area contributed by atoms with E-state index < -0.39 is 0 Å². The van der Waals surface area contributed by atoms with E-state index in [1.807, 2.05) is 25.1 Å². The molecule has 0 saturated heterocycles. The van der Waals surface area contributed by atoms with Crippen LogP contribution in [0.3, 0.4) is 0 Å². The van der Waals surface area contributed by atoms with Gasteiger partial charge in [0.15, 0.2) is 0 Å². The summed E-state index contributed by atoms with van der Waals surface area (Å²) in [6, 6.07) is 7.34. The van der Waals surface area contributed by atoms with Crippen LogP contribution in [0.2, 0.25) is 0 Å². The minimum absolute atomic E-state index is 0.242. The van der Waals surface area contributed by atoms with E-state index in [1.54, 1.807) is 13.0 Å². The van der Waals surface area contributed by atoms with E-state index in [1.165, 1.54) is 0 Å². The molecule has 0 aliphatic carbocycles. The number of carbonyl (C=O) groups is 1. The molecule has 1 aromatic rings. The SMILES string of the molecule is CCOC(=O)CCOc1cccc(OCC)c1. The molecule has 0 aliphatic heterocycles. The Bertz CT molecular complexity index is 349. The molecule has 0 unspecified atom stereocenters. The van der Waals surface area contributed by atoms with Gasteiger partial charge in [-0.2, -0.15) is 0 Å². The first-order valence-electron chi connectivity index (χ1n) is 5.77. The molecular weight excluding hydrogens is 220 g/mol. The van der Waals surface area contributed by atoms with Crippen molar-refractivity contribution in [1.29, 1.82) is 0 Å². The molecule has 4 nitrogen and oxygen atoms in total. The van der Waals surface area contributed by atoms with Crippen LogP contribution < -0.4 is 9.47 Å². The summed E-state index contributed by atoms with van der Waals surface area (Å²) in [4.78, 5) is 11.1. The van der Waals surface area contributed by atoms with Crippen molar-refractivity contribution in [1.82, 2.24) is 0 Å². The lowest BCUT2D eigenvalue weighted by Crippen LogP contribution is -2.09. The van der Waals surface area contributed by atoms with Crippen molar-refractivity contribution in [2.24, 2.45) is 0 Å². The maximum absolute atomic E-state index is 11.1. The van der Waals surface area contributed by atoms with E-state index in [0.717, 1.165) is 5.75 Å². The molecule has 1 rings (SSSR count). The Balaban J connectivity index is 2.35. The molecule has 0 amide bonds. The van der Waals surface area contributed by atoms with Gasteiger partial charge in [-0.3, -0.25) is 4.79 Å². The molecular formula is C13H18O4. The molecule has 1 aromatic carbocycles. The third kappa shape index (κ3) is 5.24. The minimum Gasteiger partial charge on any atom is -0.494 e. The minimum atomic E-state index is -0.242. The van der Waals surface area contributed by atoms with Crippen LogP contribution in [0.4, 0.5) is 0 Å². The summed E-state index contributed by atoms with van der Waals surface area (Å²) >= 11 is 0. The summed E-state index contributed by atoms with van der Waals surface area (Å²) in [5.74, 6) is 1.22. The van der Waals surface area contributed by atoms with Gasteiger partial charge in [0.1, 0.15) is 11.5 Å². The fourth-order valence-electron chi connectivity index (χ4n) is 1.31. The lowest BCUT2D eigenvalue weighted by molar-refractivity contribution is -0.143. The number of ether oxygens (including phenoxy) is 3. The quantitative estimate of drug-likeness (QED) is 0.684. The number of esters is 1. The molecule has 0 atom stereocenters. The van der Waals surface area contributed by atoms with Crippen LogP contribution in [0.1, 0.15) is 20.3 Å². The third-order valence-electron chi connectivity index (χ3n) is 2.00. The van der Waals surface area contributed by atoms with E-state index in [9.17, 15) is 4.79 Å². The lowest BCUT2D eigenvalue weighted by atomic mass is 10.3. The molecule has 0 saturated carbocycles. The zero-order valence-corrected chi connectivity index (χ0v) is 10.3. The summed E-state index contributed by atoms with van der Waals surface area (Å²) in [5, 5.41) is 0. The highest BCUT2D eigenvalue weighted by Gasteiger charge is 2.02. The second-order valence-corrected chi connectivity index (χ2v) is 3.31. The van der Waals surface area contributed by atoms with Crippen LogP contribution in [-0.2, 0) is 9.53 Å². The molecule has 0 aromatic heterocycles. The fourth-order valence-corrected chi connectivity index (χ4v) is 1.31. The van der Waals surface area contributed by atoms with Gasteiger partial charge in [-0.15, -0.1) is 0 Å². The Hall–Kier alpha value is -1.71. The van der Waals surface area contributed by atoms with Crippen LogP contribution in [0, 0.1) is 0 Å². The molecule has 17 heavy (non-hydrogen) atoms. The fraction of sp³-hybridized carbons (Fsp3) is 0.462. The van der Waals surface area contributed by atoms with Crippen molar-refractivity contribution in [2.45, 2.75) is 20.3 Å². The smallest absolute Gasteiger partial charge is 0.309 e. The van der Waals surface area contributed by atoms with E-state index in [4.69, 9.17) is 14.2 Å². The summed E-state index contributed by atoms with van der Waals surface area (Å²) < 4.78 is 15.6. The van der Waals surface area contributed by atoms with Gasteiger partial charge >= 0.3 is 5.97 Å². The second kappa shape index (κ2) is 7.54. The molecule has 0 spiro atoms. The average Bonchev–Trinajstić information content (AvgIpc) is 2.30. The Labute approximate surface area is 101 Å². The van der Waals surface area contributed by atoms with Gasteiger partial charge in [0.25, 0.3) is 0 Å². The second-order valence-electron chi connectivity index (χ2n) is 3.31. The summed E-state index contributed by atoms with van der Waals surface area (Å²) in [6.07, 6.45) is 0.257. The third-order valence-corrected chi connectivity index (χ3v) is 2.00. The molecule has 0 fully saturated rings. The maximum Gasteiger partial charge on any atom is 0.309 e. The van der Waals surface area contributed by atoms with Gasteiger partial charge in [-0.25, -0.2) is 0 Å². The first-order chi connectivity index (χ1) is 8.26. The van der Waals surface area contributed by atoms with Crippen molar-refractivity contribution in [3.8, 4) is 11.5 Å². The standard InChI is InChI=1S/C13H18O4/c1-3-15-11-6-5-7-12(10-11)17-9-8-13(14)16-4-2/h5-7,10H,3-4,8-9H2,1-2H3. The van der Waals surface area contributed by atoms with Crippen molar-refractivity contribution in [3.63, 3.8) is 0 Å². The van der Waals surface area contributed by atoms with Gasteiger partial charge < -0.3 is 14.2 Å². The molecule has 4 heteroatoms. The zero-order chi connectivity index (χ0) is 12.5. The number of hydrogen-bond acceptors (Lipinski definition) is 4. The largest absolute Gasteiger partial charge is 0.494 e. The monoisotopic (exact) mass is 238 g/mol. The molecule has 0 heterocycles. The molecule has 94 valence electrons. The predicted octanol–water partition coefficient (Wildman–Crippen LogP) is 2.42. The molecule has 0 radical (unpaired) electrons. The number of rotatable bonds is 7. The Morgan fingerprint density at radius 1 is 1.12 bits per heavy atom. The normalized spacial score (nSPS) is 9.76. The summed E-state index contributed by atoms with van der Waals surface area (Å²) in [5.41, 5.74) is 0. The van der Waals surface area contributed by atoms with Gasteiger partial charge in [0.05, 0.1) is 26.2 Å². The first kappa shape index (κ1) is 13.4. The number of benzene rings is 1. The van der Waals surface area contributed by atoms with Crippen LogP contribution >= 0.6 is 0 Å². The van der Waals surface area contributed by atoms with Crippen LogP contribution in [0.15, 0.2) is 24.3 Å². The zero-order valence-electron chi connectivity index (χ0n) is 10.3. The van der Waals surface area contributed by atoms with E-state index in [0.29, 0.717) is 25.6 Å². The first-order valence-corrected chi connectivity index (χ1v) is 5.77. The molecule has 0 aliphatic rings. The topological polar surface area (TPSA) is 44.8 Å². The highest BCUT2D eigenvalue weighted by molar-refractivity contribution is 5.69.